The quantitative estimate of drug-likeness (QED) is 0.731. The maximum atomic E-state index is 11.6. The van der Waals surface area contributed by atoms with Crippen LogP contribution in [0.25, 0.3) is 0 Å². The highest BCUT2D eigenvalue weighted by atomic mass is 16.5. The Kier molecular flexibility index (Phi) is 3.79. The molecule has 0 N–H and O–H groups in total. The van der Waals surface area contributed by atoms with Gasteiger partial charge in [0.1, 0.15) is 0 Å². The van der Waals surface area contributed by atoms with E-state index >= 15 is 0 Å². The molecule has 1 fully saturated rings. The molecule has 3 nitrogen and oxygen atoms in total. The summed E-state index contributed by atoms with van der Waals surface area (Å²) in [6.07, 6.45) is 0.890. The van der Waals surface area contributed by atoms with Gasteiger partial charge in [0.25, 0.3) is 0 Å². The number of hydrogen-bond acceptors (Lipinski definition) is 3. The molecule has 0 aliphatic carbocycles. The van der Waals surface area contributed by atoms with Gasteiger partial charge in [-0.15, -0.1) is 0 Å². The normalized spacial score (nSPS) is 25.5. The second-order valence-electron chi connectivity index (χ2n) is 4.78. The summed E-state index contributed by atoms with van der Waals surface area (Å²) < 4.78 is 4.86. The molecule has 2 rings (SSSR count). The van der Waals surface area contributed by atoms with Crippen LogP contribution in [0.5, 0.6) is 0 Å². The average Bonchev–Trinajstić information content (AvgIpc) is 2.38. The summed E-state index contributed by atoms with van der Waals surface area (Å²) in [5.41, 5.74) is 1.31. The van der Waals surface area contributed by atoms with Gasteiger partial charge in [0.05, 0.1) is 13.0 Å². The van der Waals surface area contributed by atoms with Crippen molar-refractivity contribution in [3.63, 3.8) is 0 Å². The summed E-state index contributed by atoms with van der Waals surface area (Å²) in [5.74, 6) is 0.348. The van der Waals surface area contributed by atoms with E-state index in [0.29, 0.717) is 5.92 Å². The number of esters is 1. The van der Waals surface area contributed by atoms with Crippen LogP contribution in [0.15, 0.2) is 30.3 Å². The fourth-order valence-corrected chi connectivity index (χ4v) is 2.62. The van der Waals surface area contributed by atoms with E-state index in [1.54, 1.807) is 0 Å². The van der Waals surface area contributed by atoms with Crippen LogP contribution in [-0.2, 0) is 9.53 Å². The van der Waals surface area contributed by atoms with Crippen molar-refractivity contribution in [1.82, 2.24) is 4.90 Å². The highest BCUT2D eigenvalue weighted by Crippen LogP contribution is 2.29. The molecule has 1 aliphatic rings. The summed E-state index contributed by atoms with van der Waals surface area (Å²) in [6, 6.07) is 10.4. The zero-order valence-corrected chi connectivity index (χ0v) is 10.4. The molecule has 0 amide bonds. The first-order valence-corrected chi connectivity index (χ1v) is 6.02. The Morgan fingerprint density at radius 3 is 2.65 bits per heavy atom. The van der Waals surface area contributed by atoms with Gasteiger partial charge in [0.2, 0.25) is 0 Å². The van der Waals surface area contributed by atoms with Crippen LogP contribution in [0.2, 0.25) is 0 Å². The van der Waals surface area contributed by atoms with Crippen molar-refractivity contribution < 1.29 is 9.53 Å². The smallest absolute Gasteiger partial charge is 0.309 e. The Morgan fingerprint density at radius 2 is 2.00 bits per heavy atom. The van der Waals surface area contributed by atoms with Gasteiger partial charge in [-0.2, -0.15) is 0 Å². The lowest BCUT2D eigenvalue weighted by Crippen LogP contribution is -2.40. The number of nitrogens with zero attached hydrogens (tertiary/aromatic N) is 1. The molecule has 3 heteroatoms. The van der Waals surface area contributed by atoms with Gasteiger partial charge in [-0.3, -0.25) is 4.79 Å². The third-order valence-corrected chi connectivity index (χ3v) is 3.44. The minimum absolute atomic E-state index is 0.00366. The molecule has 1 aliphatic heterocycles. The van der Waals surface area contributed by atoms with Crippen molar-refractivity contribution in [3.05, 3.63) is 35.9 Å². The summed E-state index contributed by atoms with van der Waals surface area (Å²) in [7, 11) is 3.53. The number of carbonyl (C=O) groups excluding carboxylic acids is 1. The van der Waals surface area contributed by atoms with Crippen molar-refractivity contribution in [2.45, 2.75) is 12.3 Å². The van der Waals surface area contributed by atoms with Crippen molar-refractivity contribution in [2.24, 2.45) is 5.92 Å². The molecule has 1 saturated heterocycles. The highest BCUT2D eigenvalue weighted by Gasteiger charge is 2.31. The third kappa shape index (κ3) is 2.86. The van der Waals surface area contributed by atoms with Gasteiger partial charge in [0.15, 0.2) is 0 Å². The van der Waals surface area contributed by atoms with Gasteiger partial charge in [-0.1, -0.05) is 30.3 Å². The standard InChI is InChI=1S/C14H19NO2/c1-15-9-12(11-6-4-3-5-7-11)8-13(10-15)14(16)17-2/h3-7,12-13H,8-10H2,1-2H3/t12-,13-/m1/s1. The topological polar surface area (TPSA) is 29.5 Å². The molecule has 0 spiro atoms. The Hall–Kier alpha value is -1.35. The third-order valence-electron chi connectivity index (χ3n) is 3.44. The number of piperidine rings is 1. The maximum absolute atomic E-state index is 11.6. The Balaban J connectivity index is 2.11. The van der Waals surface area contributed by atoms with Gasteiger partial charge in [-0.05, 0) is 24.9 Å². The van der Waals surface area contributed by atoms with Crippen molar-refractivity contribution in [3.8, 4) is 0 Å². The number of carbonyl (C=O) groups is 1. The number of benzene rings is 1. The van der Waals surface area contributed by atoms with Crippen LogP contribution >= 0.6 is 0 Å². The molecule has 1 aromatic carbocycles. The highest BCUT2D eigenvalue weighted by molar-refractivity contribution is 5.72. The number of rotatable bonds is 2. The zero-order chi connectivity index (χ0) is 12.3. The molecule has 1 heterocycles. The molecule has 0 radical (unpaired) electrons. The molecular weight excluding hydrogens is 214 g/mol. The van der Waals surface area contributed by atoms with Gasteiger partial charge in [0, 0.05) is 13.1 Å². The largest absolute Gasteiger partial charge is 0.469 e. The van der Waals surface area contributed by atoms with Crippen molar-refractivity contribution in [2.75, 3.05) is 27.2 Å². The molecule has 0 bridgehead atoms. The summed E-state index contributed by atoms with van der Waals surface area (Å²) in [6.45, 7) is 1.81. The second-order valence-corrected chi connectivity index (χ2v) is 4.78. The Morgan fingerprint density at radius 1 is 1.29 bits per heavy atom. The maximum Gasteiger partial charge on any atom is 0.309 e. The molecular formula is C14H19NO2. The number of likely N-dealkylation sites (tertiary alicyclic amines) is 1. The van der Waals surface area contributed by atoms with Crippen LogP contribution in [0.1, 0.15) is 17.9 Å². The van der Waals surface area contributed by atoms with Gasteiger partial charge < -0.3 is 9.64 Å². The van der Waals surface area contributed by atoms with Crippen LogP contribution < -0.4 is 0 Å². The molecule has 1 aromatic rings. The summed E-state index contributed by atoms with van der Waals surface area (Å²) in [4.78, 5) is 13.9. The van der Waals surface area contributed by atoms with Gasteiger partial charge >= 0.3 is 5.97 Å². The molecule has 2 atom stereocenters. The van der Waals surface area contributed by atoms with Crippen LogP contribution in [0.4, 0.5) is 0 Å². The van der Waals surface area contributed by atoms with Crippen LogP contribution in [0.3, 0.4) is 0 Å². The first-order valence-electron chi connectivity index (χ1n) is 6.02. The molecule has 0 saturated carbocycles. The Labute approximate surface area is 102 Å². The number of hydrogen-bond donors (Lipinski definition) is 0. The number of likely N-dealkylation sites (N-methyl/N-ethyl adjacent to an activating group) is 1. The van der Waals surface area contributed by atoms with Crippen molar-refractivity contribution >= 4 is 5.97 Å². The van der Waals surface area contributed by atoms with Gasteiger partial charge in [-0.25, -0.2) is 0 Å². The second kappa shape index (κ2) is 5.32. The molecule has 0 aromatic heterocycles. The Bertz CT molecular complexity index is 377. The summed E-state index contributed by atoms with van der Waals surface area (Å²) >= 11 is 0. The van der Waals surface area contributed by atoms with E-state index < -0.39 is 0 Å². The first kappa shape index (κ1) is 12.1. The predicted octanol–water partition coefficient (Wildman–Crippen LogP) is 1.89. The number of ether oxygens (including phenoxy) is 1. The van der Waals surface area contributed by atoms with E-state index in [0.717, 1.165) is 19.5 Å². The van der Waals surface area contributed by atoms with E-state index in [2.05, 4.69) is 36.2 Å². The van der Waals surface area contributed by atoms with E-state index in [9.17, 15) is 4.79 Å². The van der Waals surface area contributed by atoms with E-state index in [-0.39, 0.29) is 11.9 Å². The minimum atomic E-state index is -0.0857. The number of methoxy groups -OCH3 is 1. The fourth-order valence-electron chi connectivity index (χ4n) is 2.62. The molecule has 0 unspecified atom stereocenters. The first-order chi connectivity index (χ1) is 8.20. The van der Waals surface area contributed by atoms with Crippen molar-refractivity contribution in [1.29, 1.82) is 0 Å². The minimum Gasteiger partial charge on any atom is -0.469 e. The monoisotopic (exact) mass is 233 g/mol. The average molecular weight is 233 g/mol. The van der Waals surface area contributed by atoms with E-state index in [4.69, 9.17) is 4.74 Å². The molecule has 92 valence electrons. The molecule has 17 heavy (non-hydrogen) atoms. The lowest BCUT2D eigenvalue weighted by Gasteiger charge is -2.34. The van der Waals surface area contributed by atoms with Crippen LogP contribution in [0, 0.1) is 5.92 Å². The zero-order valence-electron chi connectivity index (χ0n) is 10.4. The van der Waals surface area contributed by atoms with E-state index in [1.807, 2.05) is 6.07 Å². The lowest BCUT2D eigenvalue weighted by atomic mass is 9.85. The van der Waals surface area contributed by atoms with Crippen LogP contribution in [-0.4, -0.2) is 38.1 Å². The van der Waals surface area contributed by atoms with E-state index in [1.165, 1.54) is 12.7 Å². The predicted molar refractivity (Wildman–Crippen MR) is 66.8 cm³/mol. The summed E-state index contributed by atoms with van der Waals surface area (Å²) in [5, 5.41) is 0. The SMILES string of the molecule is COC(=O)[C@@H]1C[C@@H](c2ccccc2)CN(C)C1. The lowest BCUT2D eigenvalue weighted by molar-refractivity contribution is -0.147. The fraction of sp³-hybridized carbons (Fsp3) is 0.500.